The first-order valence-corrected chi connectivity index (χ1v) is 9.79. The Morgan fingerprint density at radius 2 is 1.60 bits per heavy atom. The number of rotatable bonds is 5. The van der Waals surface area contributed by atoms with E-state index in [2.05, 4.69) is 31.2 Å². The second kappa shape index (κ2) is 8.84. The van der Waals surface area contributed by atoms with Gasteiger partial charge >= 0.3 is 6.01 Å². The molecule has 0 atom stereocenters. The lowest BCUT2D eigenvalue weighted by atomic mass is 10.1. The minimum Gasteiger partial charge on any atom is -0.424 e. The Hall–Kier alpha value is -3.58. The monoisotopic (exact) mass is 463 g/mol. The Labute approximate surface area is 180 Å². The van der Waals surface area contributed by atoms with Crippen molar-refractivity contribution < 1.29 is 13.9 Å². The van der Waals surface area contributed by atoms with Gasteiger partial charge in [0.2, 0.25) is 0 Å². The molecule has 4 rings (SSSR count). The Balaban J connectivity index is 1.48. The topological polar surface area (TPSA) is 64.1 Å². The maximum absolute atomic E-state index is 13.0. The van der Waals surface area contributed by atoms with Crippen LogP contribution in [-0.4, -0.2) is 15.9 Å². The van der Waals surface area contributed by atoms with Crippen LogP contribution in [0.5, 0.6) is 11.8 Å². The molecule has 5 nitrogen and oxygen atoms in total. The van der Waals surface area contributed by atoms with Gasteiger partial charge < -0.3 is 10.1 Å². The van der Waals surface area contributed by atoms with Gasteiger partial charge in [0.05, 0.1) is 0 Å². The summed E-state index contributed by atoms with van der Waals surface area (Å²) >= 11 is 3.37. The van der Waals surface area contributed by atoms with E-state index >= 15 is 0 Å². The summed E-state index contributed by atoms with van der Waals surface area (Å²) in [6, 6.07) is 20.3. The van der Waals surface area contributed by atoms with E-state index < -0.39 is 0 Å². The van der Waals surface area contributed by atoms with Gasteiger partial charge in [0.25, 0.3) is 5.91 Å². The first-order chi connectivity index (χ1) is 14.6. The number of anilines is 1. The van der Waals surface area contributed by atoms with Gasteiger partial charge in [-0.05, 0) is 66.2 Å². The van der Waals surface area contributed by atoms with Gasteiger partial charge in [0.15, 0.2) is 0 Å². The summed E-state index contributed by atoms with van der Waals surface area (Å²) in [5.41, 5.74) is 2.76. The first-order valence-electron chi connectivity index (χ1n) is 9.00. The fourth-order valence-electron chi connectivity index (χ4n) is 2.70. The van der Waals surface area contributed by atoms with E-state index in [-0.39, 0.29) is 17.7 Å². The van der Waals surface area contributed by atoms with Crippen LogP contribution in [0.2, 0.25) is 0 Å². The van der Waals surface area contributed by atoms with Gasteiger partial charge in [-0.2, -0.15) is 0 Å². The van der Waals surface area contributed by atoms with Crippen LogP contribution in [0.3, 0.4) is 0 Å². The normalized spacial score (nSPS) is 10.5. The molecule has 0 saturated heterocycles. The molecule has 0 saturated carbocycles. The summed E-state index contributed by atoms with van der Waals surface area (Å²) in [4.78, 5) is 20.9. The van der Waals surface area contributed by atoms with Crippen molar-refractivity contribution in [3.8, 4) is 22.9 Å². The molecule has 4 aromatic rings. The minimum absolute atomic E-state index is 0.148. The third-order valence-corrected chi connectivity index (χ3v) is 4.74. The van der Waals surface area contributed by atoms with E-state index in [1.165, 1.54) is 24.3 Å². The van der Waals surface area contributed by atoms with E-state index in [0.717, 1.165) is 15.6 Å². The molecule has 1 heterocycles. The molecule has 30 heavy (non-hydrogen) atoms. The zero-order valence-corrected chi connectivity index (χ0v) is 17.1. The number of hydrogen-bond donors (Lipinski definition) is 1. The van der Waals surface area contributed by atoms with E-state index in [1.54, 1.807) is 30.6 Å². The quantitative estimate of drug-likeness (QED) is 0.388. The van der Waals surface area contributed by atoms with Gasteiger partial charge in [0, 0.05) is 33.7 Å². The SMILES string of the molecule is O=C(Nc1ccc(Br)cc1)c1cccc(-c2cnc(Oc3ccc(F)cc3)nc2)c1. The lowest BCUT2D eigenvalue weighted by molar-refractivity contribution is 0.102. The predicted molar refractivity (Wildman–Crippen MR) is 116 cm³/mol. The molecule has 148 valence electrons. The summed E-state index contributed by atoms with van der Waals surface area (Å²) in [6.07, 6.45) is 3.22. The van der Waals surface area contributed by atoms with E-state index in [1.807, 2.05) is 30.3 Å². The molecule has 0 aliphatic carbocycles. The van der Waals surface area contributed by atoms with Crippen molar-refractivity contribution in [3.63, 3.8) is 0 Å². The van der Waals surface area contributed by atoms with Crippen molar-refractivity contribution in [3.05, 3.63) is 101 Å². The number of carbonyl (C=O) groups is 1. The van der Waals surface area contributed by atoms with Crippen LogP contribution in [-0.2, 0) is 0 Å². The highest BCUT2D eigenvalue weighted by molar-refractivity contribution is 9.10. The molecule has 3 aromatic carbocycles. The van der Waals surface area contributed by atoms with Crippen molar-refractivity contribution >= 4 is 27.5 Å². The molecule has 0 fully saturated rings. The van der Waals surface area contributed by atoms with Gasteiger partial charge in [-0.3, -0.25) is 4.79 Å². The first kappa shape index (κ1) is 19.7. The van der Waals surface area contributed by atoms with E-state index in [9.17, 15) is 9.18 Å². The zero-order chi connectivity index (χ0) is 20.9. The van der Waals surface area contributed by atoms with Crippen molar-refractivity contribution in [1.29, 1.82) is 0 Å². The minimum atomic E-state index is -0.345. The third kappa shape index (κ3) is 4.87. The number of carbonyl (C=O) groups excluding carboxylic acids is 1. The van der Waals surface area contributed by atoms with Crippen molar-refractivity contribution in [2.45, 2.75) is 0 Å². The average Bonchev–Trinajstić information content (AvgIpc) is 2.77. The maximum atomic E-state index is 13.0. The molecular weight excluding hydrogens is 449 g/mol. The van der Waals surface area contributed by atoms with Crippen LogP contribution in [0.25, 0.3) is 11.1 Å². The molecule has 0 spiro atoms. The van der Waals surface area contributed by atoms with Gasteiger partial charge in [-0.25, -0.2) is 14.4 Å². The lowest BCUT2D eigenvalue weighted by Crippen LogP contribution is -2.11. The number of amides is 1. The molecule has 0 unspecified atom stereocenters. The third-order valence-electron chi connectivity index (χ3n) is 4.21. The Kier molecular flexibility index (Phi) is 5.81. The Bertz CT molecular complexity index is 1160. The molecule has 1 N–H and O–H groups in total. The second-order valence-corrected chi connectivity index (χ2v) is 7.27. The van der Waals surface area contributed by atoms with Crippen molar-refractivity contribution in [2.24, 2.45) is 0 Å². The maximum Gasteiger partial charge on any atom is 0.321 e. The molecule has 0 bridgehead atoms. The number of aromatic nitrogens is 2. The molecule has 7 heteroatoms. The summed E-state index contributed by atoms with van der Waals surface area (Å²) in [7, 11) is 0. The average molecular weight is 464 g/mol. The summed E-state index contributed by atoms with van der Waals surface area (Å²) in [5.74, 6) is -0.116. The van der Waals surface area contributed by atoms with E-state index in [0.29, 0.717) is 17.0 Å². The van der Waals surface area contributed by atoms with Crippen LogP contribution < -0.4 is 10.1 Å². The van der Waals surface area contributed by atoms with Crippen LogP contribution >= 0.6 is 15.9 Å². The predicted octanol–water partition coefficient (Wildman–Crippen LogP) is 6.09. The van der Waals surface area contributed by atoms with Gasteiger partial charge in [0.1, 0.15) is 11.6 Å². The largest absolute Gasteiger partial charge is 0.424 e. The van der Waals surface area contributed by atoms with Crippen molar-refractivity contribution in [2.75, 3.05) is 5.32 Å². The number of nitrogens with zero attached hydrogens (tertiary/aromatic N) is 2. The fraction of sp³-hybridized carbons (Fsp3) is 0. The van der Waals surface area contributed by atoms with Crippen molar-refractivity contribution in [1.82, 2.24) is 9.97 Å². The fourth-order valence-corrected chi connectivity index (χ4v) is 2.97. The molecule has 0 radical (unpaired) electrons. The highest BCUT2D eigenvalue weighted by atomic mass is 79.9. The Morgan fingerprint density at radius 1 is 0.900 bits per heavy atom. The van der Waals surface area contributed by atoms with Gasteiger partial charge in [-0.15, -0.1) is 0 Å². The summed E-state index contributed by atoms with van der Waals surface area (Å²) in [6.45, 7) is 0. The number of ether oxygens (including phenoxy) is 1. The highest BCUT2D eigenvalue weighted by Crippen LogP contribution is 2.23. The number of halogens is 2. The lowest BCUT2D eigenvalue weighted by Gasteiger charge is -2.08. The van der Waals surface area contributed by atoms with Crippen LogP contribution in [0, 0.1) is 5.82 Å². The number of hydrogen-bond acceptors (Lipinski definition) is 4. The number of benzene rings is 3. The molecule has 0 aliphatic heterocycles. The van der Waals surface area contributed by atoms with Crippen LogP contribution in [0.4, 0.5) is 10.1 Å². The molecule has 1 amide bonds. The van der Waals surface area contributed by atoms with Crippen LogP contribution in [0.15, 0.2) is 89.7 Å². The summed E-state index contributed by atoms with van der Waals surface area (Å²) < 4.78 is 19.4. The summed E-state index contributed by atoms with van der Waals surface area (Å²) in [5, 5.41) is 2.87. The zero-order valence-electron chi connectivity index (χ0n) is 15.5. The Morgan fingerprint density at radius 3 is 2.30 bits per heavy atom. The van der Waals surface area contributed by atoms with Gasteiger partial charge in [-0.1, -0.05) is 28.1 Å². The molecule has 0 aliphatic rings. The van der Waals surface area contributed by atoms with E-state index in [4.69, 9.17) is 4.74 Å². The second-order valence-electron chi connectivity index (χ2n) is 6.35. The highest BCUT2D eigenvalue weighted by Gasteiger charge is 2.09. The molecule has 1 aromatic heterocycles. The number of nitrogens with one attached hydrogen (secondary N) is 1. The standard InChI is InChI=1S/C23H15BrFN3O2/c24-18-4-8-20(9-5-18)28-22(29)16-3-1-2-15(12-16)17-13-26-23(27-14-17)30-21-10-6-19(25)7-11-21/h1-14H,(H,28,29). The molecular formula is C23H15BrFN3O2. The smallest absolute Gasteiger partial charge is 0.321 e. The van der Waals surface area contributed by atoms with Crippen LogP contribution in [0.1, 0.15) is 10.4 Å².